The molecule has 2 aromatic rings. The average molecular weight is 406 g/mol. The summed E-state index contributed by atoms with van der Waals surface area (Å²) in [5, 5.41) is 3.13. The number of benzene rings is 2. The molecule has 5 heteroatoms. The zero-order valence-electron chi connectivity index (χ0n) is 15.1. The number of nitrogens with one attached hydrogen (secondary N) is 1. The van der Waals surface area contributed by atoms with Crippen molar-refractivity contribution >= 4 is 21.8 Å². The maximum Gasteiger partial charge on any atom is 0.251 e. The molecule has 1 atom stereocenters. The van der Waals surface area contributed by atoms with Crippen LogP contribution in [0.1, 0.15) is 47.8 Å². The van der Waals surface area contributed by atoms with Crippen molar-refractivity contribution in [3.63, 3.8) is 0 Å². The fourth-order valence-electron chi connectivity index (χ4n) is 2.84. The molecule has 1 amide bonds. The highest BCUT2D eigenvalue weighted by Crippen LogP contribution is 2.34. The van der Waals surface area contributed by atoms with E-state index in [-0.39, 0.29) is 11.9 Å². The molecule has 0 aromatic heterocycles. The van der Waals surface area contributed by atoms with Crippen molar-refractivity contribution in [1.29, 1.82) is 0 Å². The minimum Gasteiger partial charge on any atom is -0.493 e. The predicted molar refractivity (Wildman–Crippen MR) is 104 cm³/mol. The molecular formula is C20H24BrNO3. The Balaban J connectivity index is 2.35. The SMILES string of the molecule is CCc1cc(OC)c(OC)cc1[C@@H](CC)NC(=O)c1cccc(Br)c1. The summed E-state index contributed by atoms with van der Waals surface area (Å²) in [5.41, 5.74) is 2.83. The van der Waals surface area contributed by atoms with Crippen molar-refractivity contribution in [1.82, 2.24) is 5.32 Å². The summed E-state index contributed by atoms with van der Waals surface area (Å²) in [6.45, 7) is 4.15. The summed E-state index contributed by atoms with van der Waals surface area (Å²) in [6.07, 6.45) is 1.63. The van der Waals surface area contributed by atoms with Crippen molar-refractivity contribution < 1.29 is 14.3 Å². The molecule has 0 aliphatic heterocycles. The smallest absolute Gasteiger partial charge is 0.251 e. The van der Waals surface area contributed by atoms with E-state index in [4.69, 9.17) is 9.47 Å². The van der Waals surface area contributed by atoms with Crippen molar-refractivity contribution in [2.45, 2.75) is 32.7 Å². The largest absolute Gasteiger partial charge is 0.493 e. The number of rotatable bonds is 7. The lowest BCUT2D eigenvalue weighted by atomic mass is 9.95. The average Bonchev–Trinajstić information content (AvgIpc) is 2.64. The zero-order valence-corrected chi connectivity index (χ0v) is 16.6. The minimum atomic E-state index is -0.0961. The quantitative estimate of drug-likeness (QED) is 0.711. The van der Waals surface area contributed by atoms with Crippen LogP contribution in [-0.2, 0) is 6.42 Å². The Morgan fingerprint density at radius 2 is 1.80 bits per heavy atom. The van der Waals surface area contributed by atoms with E-state index in [2.05, 4.69) is 35.1 Å². The van der Waals surface area contributed by atoms with Gasteiger partial charge in [0.2, 0.25) is 0 Å². The summed E-state index contributed by atoms with van der Waals surface area (Å²) in [7, 11) is 3.25. The third-order valence-electron chi connectivity index (χ3n) is 4.20. The Morgan fingerprint density at radius 1 is 1.12 bits per heavy atom. The fourth-order valence-corrected chi connectivity index (χ4v) is 3.24. The van der Waals surface area contributed by atoms with Crippen LogP contribution in [0.4, 0.5) is 0 Å². The van der Waals surface area contributed by atoms with Crippen molar-refractivity contribution in [3.05, 3.63) is 57.6 Å². The first-order chi connectivity index (χ1) is 12.0. The molecule has 0 unspecified atom stereocenters. The zero-order chi connectivity index (χ0) is 18.4. The van der Waals surface area contributed by atoms with Crippen LogP contribution in [-0.4, -0.2) is 20.1 Å². The summed E-state index contributed by atoms with van der Waals surface area (Å²) in [4.78, 5) is 12.6. The minimum absolute atomic E-state index is 0.0926. The molecule has 134 valence electrons. The molecule has 0 radical (unpaired) electrons. The number of aryl methyl sites for hydroxylation is 1. The molecule has 0 saturated heterocycles. The second-order valence-corrected chi connectivity index (χ2v) is 6.62. The monoisotopic (exact) mass is 405 g/mol. The Bertz CT molecular complexity index is 746. The molecule has 25 heavy (non-hydrogen) atoms. The summed E-state index contributed by atoms with van der Waals surface area (Å²) < 4.78 is 11.7. The number of halogens is 1. The first-order valence-electron chi connectivity index (χ1n) is 8.35. The standard InChI is InChI=1S/C20H24BrNO3/c1-5-13-11-18(24-3)19(25-4)12-16(13)17(6-2)22-20(23)14-8-7-9-15(21)10-14/h7-12,17H,5-6H2,1-4H3,(H,22,23)/t17-/m1/s1. The molecule has 2 aromatic carbocycles. The van der Waals surface area contributed by atoms with Crippen LogP contribution in [0.15, 0.2) is 40.9 Å². The number of carbonyl (C=O) groups excluding carboxylic acids is 1. The van der Waals surface area contributed by atoms with Gasteiger partial charge in [0.05, 0.1) is 20.3 Å². The highest BCUT2D eigenvalue weighted by atomic mass is 79.9. The Hall–Kier alpha value is -2.01. The molecule has 0 aliphatic carbocycles. The summed E-state index contributed by atoms with van der Waals surface area (Å²) in [6, 6.07) is 11.2. The number of carbonyl (C=O) groups is 1. The van der Waals surface area contributed by atoms with Gasteiger partial charge in [0.15, 0.2) is 11.5 Å². The van der Waals surface area contributed by atoms with Crippen LogP contribution in [0.3, 0.4) is 0 Å². The van der Waals surface area contributed by atoms with Gasteiger partial charge in [-0.05, 0) is 54.3 Å². The van der Waals surface area contributed by atoms with Crippen LogP contribution in [0.5, 0.6) is 11.5 Å². The molecule has 0 spiro atoms. The lowest BCUT2D eigenvalue weighted by molar-refractivity contribution is 0.0935. The van der Waals surface area contributed by atoms with Gasteiger partial charge in [-0.15, -0.1) is 0 Å². The second-order valence-electron chi connectivity index (χ2n) is 5.70. The molecule has 4 nitrogen and oxygen atoms in total. The number of ether oxygens (including phenoxy) is 2. The highest BCUT2D eigenvalue weighted by Gasteiger charge is 2.19. The first-order valence-corrected chi connectivity index (χ1v) is 9.14. The van der Waals surface area contributed by atoms with E-state index in [0.717, 1.165) is 28.4 Å². The molecule has 0 saturated carbocycles. The Kier molecular flexibility index (Phi) is 6.88. The molecular weight excluding hydrogens is 382 g/mol. The van der Waals surface area contributed by atoms with Gasteiger partial charge in [0, 0.05) is 10.0 Å². The summed E-state index contributed by atoms with van der Waals surface area (Å²) >= 11 is 3.41. The third kappa shape index (κ3) is 4.54. The van der Waals surface area contributed by atoms with E-state index in [0.29, 0.717) is 17.1 Å². The first kappa shape index (κ1) is 19.3. The van der Waals surface area contributed by atoms with E-state index >= 15 is 0 Å². The van der Waals surface area contributed by atoms with Gasteiger partial charge in [-0.3, -0.25) is 4.79 Å². The van der Waals surface area contributed by atoms with Crippen LogP contribution in [0, 0.1) is 0 Å². The number of methoxy groups -OCH3 is 2. The Morgan fingerprint density at radius 3 is 2.36 bits per heavy atom. The predicted octanol–water partition coefficient (Wildman–Crippen LogP) is 4.91. The van der Waals surface area contributed by atoms with Gasteiger partial charge in [-0.1, -0.05) is 35.8 Å². The lowest BCUT2D eigenvalue weighted by Crippen LogP contribution is -2.29. The Labute approximate surface area is 157 Å². The van der Waals surface area contributed by atoms with E-state index in [1.54, 1.807) is 14.2 Å². The van der Waals surface area contributed by atoms with E-state index < -0.39 is 0 Å². The van der Waals surface area contributed by atoms with Crippen LogP contribution in [0.25, 0.3) is 0 Å². The third-order valence-corrected chi connectivity index (χ3v) is 4.70. The number of hydrogen-bond donors (Lipinski definition) is 1. The fraction of sp³-hybridized carbons (Fsp3) is 0.350. The molecule has 2 rings (SSSR count). The lowest BCUT2D eigenvalue weighted by Gasteiger charge is -2.22. The van der Waals surface area contributed by atoms with E-state index in [1.165, 1.54) is 0 Å². The summed E-state index contributed by atoms with van der Waals surface area (Å²) in [5.74, 6) is 1.28. The molecule has 0 fully saturated rings. The topological polar surface area (TPSA) is 47.6 Å². The van der Waals surface area contributed by atoms with Gasteiger partial charge >= 0.3 is 0 Å². The molecule has 0 bridgehead atoms. The van der Waals surface area contributed by atoms with Crippen LogP contribution < -0.4 is 14.8 Å². The van der Waals surface area contributed by atoms with E-state index in [1.807, 2.05) is 36.4 Å². The van der Waals surface area contributed by atoms with Crippen molar-refractivity contribution in [3.8, 4) is 11.5 Å². The second kappa shape index (κ2) is 8.90. The van der Waals surface area contributed by atoms with Gasteiger partial charge in [0.25, 0.3) is 5.91 Å². The number of hydrogen-bond acceptors (Lipinski definition) is 3. The van der Waals surface area contributed by atoms with Crippen LogP contribution in [0.2, 0.25) is 0 Å². The van der Waals surface area contributed by atoms with Gasteiger partial charge < -0.3 is 14.8 Å². The van der Waals surface area contributed by atoms with Gasteiger partial charge in [0.1, 0.15) is 0 Å². The van der Waals surface area contributed by atoms with Gasteiger partial charge in [-0.2, -0.15) is 0 Å². The normalized spacial score (nSPS) is 11.7. The maximum absolute atomic E-state index is 12.6. The maximum atomic E-state index is 12.6. The van der Waals surface area contributed by atoms with Crippen molar-refractivity contribution in [2.75, 3.05) is 14.2 Å². The molecule has 0 heterocycles. The van der Waals surface area contributed by atoms with E-state index in [9.17, 15) is 4.79 Å². The molecule has 1 N–H and O–H groups in total. The van der Waals surface area contributed by atoms with Crippen molar-refractivity contribution in [2.24, 2.45) is 0 Å². The van der Waals surface area contributed by atoms with Gasteiger partial charge in [-0.25, -0.2) is 0 Å². The molecule has 0 aliphatic rings. The van der Waals surface area contributed by atoms with Crippen LogP contribution >= 0.6 is 15.9 Å². The number of amides is 1. The highest BCUT2D eigenvalue weighted by molar-refractivity contribution is 9.10.